The number of carbonyl (C=O) groups is 6. The Kier molecular flexibility index (Phi) is 7.93. The van der Waals surface area contributed by atoms with Gasteiger partial charge < -0.3 is 31.3 Å². The molecule has 3 heterocycles. The van der Waals surface area contributed by atoms with Crippen LogP contribution in [0.1, 0.15) is 72.6 Å². The van der Waals surface area contributed by atoms with Gasteiger partial charge in [0.2, 0.25) is 23.5 Å². The third kappa shape index (κ3) is 5.87. The molecule has 39 heavy (non-hydrogen) atoms. The van der Waals surface area contributed by atoms with E-state index in [9.17, 15) is 33.9 Å². The Labute approximate surface area is 227 Å². The van der Waals surface area contributed by atoms with Gasteiger partial charge in [-0.15, -0.1) is 0 Å². The van der Waals surface area contributed by atoms with Crippen molar-refractivity contribution in [2.45, 2.75) is 109 Å². The summed E-state index contributed by atoms with van der Waals surface area (Å²) in [5.41, 5.74) is -1.79. The summed E-state index contributed by atoms with van der Waals surface area (Å²) < 4.78 is 0. The van der Waals surface area contributed by atoms with Crippen LogP contribution >= 0.6 is 0 Å². The van der Waals surface area contributed by atoms with E-state index >= 15 is 0 Å². The Morgan fingerprint density at radius 2 is 1.82 bits per heavy atom. The van der Waals surface area contributed by atoms with Gasteiger partial charge in [-0.2, -0.15) is 0 Å². The SMILES string of the molecule is CCCC(NC(=O)[C@@H]1CC2(CN1C(=O)[C@@H](NC(=O)O)C(C)(C)C)NC(=O)[C@H]1CCCN12)C(=O)C(=O)NC1CC1. The van der Waals surface area contributed by atoms with E-state index in [1.807, 2.05) is 11.8 Å². The zero-order chi connectivity index (χ0) is 28.7. The molecule has 3 saturated heterocycles. The highest BCUT2D eigenvalue weighted by Crippen LogP contribution is 2.40. The van der Waals surface area contributed by atoms with Crippen LogP contribution in [0.3, 0.4) is 0 Å². The predicted octanol–water partition coefficient (Wildman–Crippen LogP) is -0.307. The van der Waals surface area contributed by atoms with E-state index < -0.39 is 58.8 Å². The number of fused-ring (bicyclic) bond motifs is 2. The van der Waals surface area contributed by atoms with Gasteiger partial charge in [0.25, 0.3) is 5.91 Å². The maximum Gasteiger partial charge on any atom is 0.405 e. The number of hydrogen-bond acceptors (Lipinski definition) is 7. The Balaban J connectivity index is 1.61. The number of carboxylic acid groups (broad SMARTS) is 1. The van der Waals surface area contributed by atoms with Crippen molar-refractivity contribution < 1.29 is 33.9 Å². The molecule has 0 radical (unpaired) electrons. The largest absolute Gasteiger partial charge is 0.465 e. The minimum Gasteiger partial charge on any atom is -0.465 e. The highest BCUT2D eigenvalue weighted by Gasteiger charge is 2.61. The zero-order valence-electron chi connectivity index (χ0n) is 23.0. The predicted molar refractivity (Wildman–Crippen MR) is 138 cm³/mol. The zero-order valence-corrected chi connectivity index (χ0v) is 23.0. The molecule has 13 heteroatoms. The van der Waals surface area contributed by atoms with Gasteiger partial charge in [0.15, 0.2) is 0 Å². The van der Waals surface area contributed by atoms with Crippen LogP contribution in [0.4, 0.5) is 4.79 Å². The van der Waals surface area contributed by atoms with Crippen molar-refractivity contribution in [2.75, 3.05) is 13.1 Å². The fraction of sp³-hybridized carbons (Fsp3) is 0.769. The van der Waals surface area contributed by atoms with E-state index in [1.54, 1.807) is 20.8 Å². The van der Waals surface area contributed by atoms with E-state index in [0.29, 0.717) is 19.4 Å². The van der Waals surface area contributed by atoms with Gasteiger partial charge in [-0.05, 0) is 37.5 Å². The highest BCUT2D eigenvalue weighted by atomic mass is 16.4. The molecule has 3 aliphatic heterocycles. The van der Waals surface area contributed by atoms with Crippen LogP contribution < -0.4 is 21.3 Å². The van der Waals surface area contributed by atoms with E-state index in [2.05, 4.69) is 21.3 Å². The molecular weight excluding hydrogens is 508 g/mol. The third-order valence-electron chi connectivity index (χ3n) is 8.11. The summed E-state index contributed by atoms with van der Waals surface area (Å²) >= 11 is 0. The van der Waals surface area contributed by atoms with Gasteiger partial charge in [-0.3, -0.25) is 28.9 Å². The van der Waals surface area contributed by atoms with Gasteiger partial charge in [-0.25, -0.2) is 4.79 Å². The van der Waals surface area contributed by atoms with Crippen molar-refractivity contribution in [3.8, 4) is 0 Å². The average molecular weight is 549 g/mol. The maximum atomic E-state index is 13.9. The third-order valence-corrected chi connectivity index (χ3v) is 8.11. The second-order valence-electron chi connectivity index (χ2n) is 12.3. The molecule has 1 aliphatic carbocycles. The summed E-state index contributed by atoms with van der Waals surface area (Å²) in [6, 6.07) is -3.68. The molecule has 2 unspecified atom stereocenters. The number of likely N-dealkylation sites (tertiary alicyclic amines) is 1. The molecule has 5 N–H and O–H groups in total. The number of amides is 5. The van der Waals surface area contributed by atoms with E-state index in [4.69, 9.17) is 0 Å². The lowest BCUT2D eigenvalue weighted by Gasteiger charge is -2.36. The highest BCUT2D eigenvalue weighted by molar-refractivity contribution is 6.38. The molecule has 5 amide bonds. The molecule has 0 aromatic heterocycles. The van der Waals surface area contributed by atoms with Crippen LogP contribution in [-0.4, -0.2) is 99.4 Å². The number of hydrogen-bond donors (Lipinski definition) is 5. The topological polar surface area (TPSA) is 177 Å². The summed E-state index contributed by atoms with van der Waals surface area (Å²) in [6.45, 7) is 7.60. The second-order valence-corrected chi connectivity index (χ2v) is 12.3. The maximum absolute atomic E-state index is 13.9. The number of Topliss-reactive ketones (excluding diaryl/α,β-unsaturated/α-hetero) is 1. The summed E-state index contributed by atoms with van der Waals surface area (Å²) in [7, 11) is 0. The van der Waals surface area contributed by atoms with Crippen molar-refractivity contribution in [3.63, 3.8) is 0 Å². The van der Waals surface area contributed by atoms with Crippen LogP contribution in [0.2, 0.25) is 0 Å². The van der Waals surface area contributed by atoms with Crippen molar-refractivity contribution >= 4 is 35.5 Å². The van der Waals surface area contributed by atoms with Crippen molar-refractivity contribution in [1.29, 1.82) is 0 Å². The van der Waals surface area contributed by atoms with Gasteiger partial charge in [-0.1, -0.05) is 34.1 Å². The Hall–Kier alpha value is -3.22. The lowest BCUT2D eigenvalue weighted by atomic mass is 9.85. The summed E-state index contributed by atoms with van der Waals surface area (Å²) in [5.74, 6) is -2.85. The van der Waals surface area contributed by atoms with Crippen LogP contribution in [0, 0.1) is 5.41 Å². The fourth-order valence-electron chi connectivity index (χ4n) is 5.99. The minimum absolute atomic E-state index is 0.00536. The molecule has 13 nitrogen and oxygen atoms in total. The first-order valence-electron chi connectivity index (χ1n) is 13.8. The number of ketones is 1. The first-order chi connectivity index (χ1) is 18.3. The van der Waals surface area contributed by atoms with E-state index in [1.165, 1.54) is 4.90 Å². The minimum atomic E-state index is -1.37. The molecule has 0 aromatic rings. The monoisotopic (exact) mass is 548 g/mol. The average Bonchev–Trinajstić information content (AvgIpc) is 3.27. The molecule has 4 aliphatic rings. The number of carbonyl (C=O) groups excluding carboxylic acids is 5. The Morgan fingerprint density at radius 3 is 2.41 bits per heavy atom. The van der Waals surface area contributed by atoms with E-state index in [0.717, 1.165) is 19.3 Å². The fourth-order valence-corrected chi connectivity index (χ4v) is 5.99. The molecule has 216 valence electrons. The molecule has 1 saturated carbocycles. The van der Waals surface area contributed by atoms with Gasteiger partial charge >= 0.3 is 6.09 Å². The van der Waals surface area contributed by atoms with Gasteiger partial charge in [0.05, 0.1) is 18.6 Å². The lowest BCUT2D eigenvalue weighted by molar-refractivity contribution is -0.144. The first kappa shape index (κ1) is 28.8. The van der Waals surface area contributed by atoms with E-state index in [-0.39, 0.29) is 37.4 Å². The second kappa shape index (κ2) is 10.7. The standard InChI is InChI=1S/C26H40N6O7/c1-5-7-15(18(33)22(36)27-14-9-10-14)28-20(34)17-12-26(30-21(35)16-8-6-11-32(16)26)13-31(17)23(37)19(25(2,3)4)29-24(38)39/h14-17,19,29H,5-13H2,1-4H3,(H,27,36)(H,28,34)(H,30,35)(H,38,39)/t15?,16-,17+,19-,26?/m1/s1. The van der Waals surface area contributed by atoms with Crippen molar-refractivity contribution in [3.05, 3.63) is 0 Å². The number of nitrogens with one attached hydrogen (secondary N) is 4. The normalized spacial score (nSPS) is 28.0. The molecule has 4 fully saturated rings. The van der Waals surface area contributed by atoms with Crippen molar-refractivity contribution in [2.24, 2.45) is 5.41 Å². The van der Waals surface area contributed by atoms with Crippen molar-refractivity contribution in [1.82, 2.24) is 31.1 Å². The van der Waals surface area contributed by atoms with Crippen LogP contribution in [-0.2, 0) is 24.0 Å². The molecular formula is C26H40N6O7. The van der Waals surface area contributed by atoms with Crippen LogP contribution in [0.15, 0.2) is 0 Å². The quantitative estimate of drug-likeness (QED) is 0.244. The first-order valence-corrected chi connectivity index (χ1v) is 13.8. The summed E-state index contributed by atoms with van der Waals surface area (Å²) in [4.78, 5) is 80.7. The molecule has 0 bridgehead atoms. The summed E-state index contributed by atoms with van der Waals surface area (Å²) in [6.07, 6.45) is 2.59. The Morgan fingerprint density at radius 1 is 1.13 bits per heavy atom. The van der Waals surface area contributed by atoms with Crippen LogP contribution in [0.5, 0.6) is 0 Å². The molecule has 5 atom stereocenters. The number of nitrogens with zero attached hydrogens (tertiary/aromatic N) is 2. The molecule has 1 spiro atoms. The Bertz CT molecular complexity index is 1050. The van der Waals surface area contributed by atoms with Crippen LogP contribution in [0.25, 0.3) is 0 Å². The van der Waals surface area contributed by atoms with Gasteiger partial charge in [0, 0.05) is 19.0 Å². The summed E-state index contributed by atoms with van der Waals surface area (Å²) in [5, 5.41) is 20.1. The number of rotatable bonds is 9. The lowest BCUT2D eigenvalue weighted by Crippen LogP contribution is -2.59. The molecule has 4 rings (SSSR count). The van der Waals surface area contributed by atoms with Gasteiger partial charge in [0.1, 0.15) is 17.7 Å². The molecule has 0 aromatic carbocycles. The smallest absolute Gasteiger partial charge is 0.405 e.